The lowest BCUT2D eigenvalue weighted by atomic mass is 10.1. The van der Waals surface area contributed by atoms with Gasteiger partial charge in [-0.2, -0.15) is 0 Å². The second kappa shape index (κ2) is 5.71. The molecule has 2 nitrogen and oxygen atoms in total. The van der Waals surface area contributed by atoms with Crippen LogP contribution < -0.4 is 0 Å². The molecular formula is C16H18O2S3. The van der Waals surface area contributed by atoms with Gasteiger partial charge in [0.1, 0.15) is 0 Å². The number of sulfone groups is 1. The molecule has 0 aromatic heterocycles. The lowest BCUT2D eigenvalue weighted by molar-refractivity contribution is 0.594. The predicted molar refractivity (Wildman–Crippen MR) is 91.8 cm³/mol. The molecule has 2 rings (SSSR count). The molecule has 0 aliphatic rings. The first-order valence-corrected chi connectivity index (χ1v) is 8.89. The van der Waals surface area contributed by atoms with Crippen molar-refractivity contribution in [2.24, 2.45) is 0 Å². The fourth-order valence-electron chi connectivity index (χ4n) is 2.26. The summed E-state index contributed by atoms with van der Waals surface area (Å²) in [5, 5.41) is 0. The van der Waals surface area contributed by atoms with Crippen molar-refractivity contribution in [3.8, 4) is 0 Å². The van der Waals surface area contributed by atoms with Crippen LogP contribution in [0.5, 0.6) is 0 Å². The van der Waals surface area contributed by atoms with E-state index in [9.17, 15) is 8.42 Å². The molecule has 5 heteroatoms. The van der Waals surface area contributed by atoms with E-state index in [1.807, 2.05) is 27.7 Å². The van der Waals surface area contributed by atoms with Crippen molar-refractivity contribution in [3.05, 3.63) is 46.5 Å². The minimum Gasteiger partial charge on any atom is -0.218 e. The molecule has 0 aliphatic carbocycles. The van der Waals surface area contributed by atoms with Crippen LogP contribution in [0.1, 0.15) is 22.3 Å². The van der Waals surface area contributed by atoms with Crippen molar-refractivity contribution in [1.29, 1.82) is 0 Å². The summed E-state index contributed by atoms with van der Waals surface area (Å²) in [5.41, 5.74) is 3.27. The molecule has 0 N–H and O–H groups in total. The Hall–Kier alpha value is -0.910. The molecule has 0 unspecified atom stereocenters. The molecule has 0 heterocycles. The Morgan fingerprint density at radius 2 is 1.00 bits per heavy atom. The van der Waals surface area contributed by atoms with Gasteiger partial charge in [0.15, 0.2) is 0 Å². The van der Waals surface area contributed by atoms with Crippen LogP contribution in [-0.2, 0) is 9.84 Å². The van der Waals surface area contributed by atoms with E-state index in [-0.39, 0.29) is 0 Å². The van der Waals surface area contributed by atoms with E-state index in [1.165, 1.54) is 0 Å². The summed E-state index contributed by atoms with van der Waals surface area (Å²) >= 11 is 8.69. The van der Waals surface area contributed by atoms with E-state index >= 15 is 0 Å². The van der Waals surface area contributed by atoms with Crippen LogP contribution in [-0.4, -0.2) is 8.42 Å². The quantitative estimate of drug-likeness (QED) is 0.799. The molecule has 0 bridgehead atoms. The third kappa shape index (κ3) is 2.74. The van der Waals surface area contributed by atoms with Crippen LogP contribution in [0, 0.1) is 27.7 Å². The van der Waals surface area contributed by atoms with Gasteiger partial charge in [-0.25, -0.2) is 8.42 Å². The maximum absolute atomic E-state index is 13.0. The first-order valence-electron chi connectivity index (χ1n) is 6.51. The minimum absolute atomic E-state index is 0.340. The highest BCUT2D eigenvalue weighted by Gasteiger charge is 2.24. The normalized spacial score (nSPS) is 11.7. The Morgan fingerprint density at radius 1 is 0.667 bits per heavy atom. The number of rotatable bonds is 2. The molecule has 0 saturated heterocycles. The standard InChI is InChI=1S/C16H18O2S3/c1-9-11(3)15(7-5-13(9)19)21(17,18)16-8-6-14(20)10(2)12(16)4/h5-8,19-20H,1-4H3. The molecule has 0 aliphatic heterocycles. The van der Waals surface area contributed by atoms with Gasteiger partial charge in [0.05, 0.1) is 9.79 Å². The lowest BCUT2D eigenvalue weighted by Crippen LogP contribution is -2.08. The average Bonchev–Trinajstić information content (AvgIpc) is 2.41. The van der Waals surface area contributed by atoms with Gasteiger partial charge in [-0.1, -0.05) is 0 Å². The summed E-state index contributed by atoms with van der Waals surface area (Å²) < 4.78 is 25.9. The van der Waals surface area contributed by atoms with E-state index in [0.717, 1.165) is 32.0 Å². The van der Waals surface area contributed by atoms with Gasteiger partial charge < -0.3 is 0 Å². The van der Waals surface area contributed by atoms with Crippen molar-refractivity contribution in [1.82, 2.24) is 0 Å². The third-order valence-electron chi connectivity index (χ3n) is 4.00. The highest BCUT2D eigenvalue weighted by Crippen LogP contribution is 2.32. The van der Waals surface area contributed by atoms with Crippen LogP contribution in [0.15, 0.2) is 43.8 Å². The van der Waals surface area contributed by atoms with Gasteiger partial charge in [-0.3, -0.25) is 0 Å². The van der Waals surface area contributed by atoms with E-state index < -0.39 is 9.84 Å². The van der Waals surface area contributed by atoms with Gasteiger partial charge in [0.2, 0.25) is 9.84 Å². The zero-order valence-corrected chi connectivity index (χ0v) is 15.0. The van der Waals surface area contributed by atoms with Crippen LogP contribution >= 0.6 is 25.3 Å². The van der Waals surface area contributed by atoms with Gasteiger partial charge in [-0.05, 0) is 74.2 Å². The predicted octanol–water partition coefficient (Wildman–Crippen LogP) is 4.33. The Bertz CT molecular complexity index is 758. The SMILES string of the molecule is Cc1c(S)ccc(S(=O)(=O)c2ccc(S)c(C)c2C)c1C. The third-order valence-corrected chi connectivity index (χ3v) is 7.01. The summed E-state index contributed by atoms with van der Waals surface area (Å²) in [7, 11) is -3.55. The second-order valence-corrected chi connectivity index (χ2v) is 8.02. The zero-order valence-electron chi connectivity index (χ0n) is 12.4. The topological polar surface area (TPSA) is 34.1 Å². The summed E-state index contributed by atoms with van der Waals surface area (Å²) in [6.45, 7) is 7.39. The highest BCUT2D eigenvalue weighted by atomic mass is 32.2. The maximum atomic E-state index is 13.0. The molecule has 0 spiro atoms. The van der Waals surface area contributed by atoms with Crippen molar-refractivity contribution in [2.75, 3.05) is 0 Å². The fourth-order valence-corrected chi connectivity index (χ4v) is 4.59. The molecule has 0 saturated carbocycles. The lowest BCUT2D eigenvalue weighted by Gasteiger charge is -2.15. The van der Waals surface area contributed by atoms with Gasteiger partial charge >= 0.3 is 0 Å². The fraction of sp³-hybridized carbons (Fsp3) is 0.250. The summed E-state index contributed by atoms with van der Waals surface area (Å²) in [6, 6.07) is 6.72. The molecule has 21 heavy (non-hydrogen) atoms. The number of hydrogen-bond acceptors (Lipinski definition) is 4. The Kier molecular flexibility index (Phi) is 4.47. The van der Waals surface area contributed by atoms with E-state index in [2.05, 4.69) is 25.3 Å². The molecule has 112 valence electrons. The first kappa shape index (κ1) is 16.5. The Labute approximate surface area is 137 Å². The van der Waals surface area contributed by atoms with Gasteiger partial charge in [0, 0.05) is 9.79 Å². The summed E-state index contributed by atoms with van der Waals surface area (Å²) in [4.78, 5) is 2.27. The Balaban J connectivity index is 2.75. The van der Waals surface area contributed by atoms with Crippen molar-refractivity contribution < 1.29 is 8.42 Å². The molecule has 0 amide bonds. The van der Waals surface area contributed by atoms with Crippen LogP contribution in [0.25, 0.3) is 0 Å². The smallest absolute Gasteiger partial charge is 0.207 e. The minimum atomic E-state index is -3.55. The van der Waals surface area contributed by atoms with Crippen LogP contribution in [0.4, 0.5) is 0 Å². The largest absolute Gasteiger partial charge is 0.218 e. The number of thiol groups is 2. The average molecular weight is 339 g/mol. The van der Waals surface area contributed by atoms with Crippen LogP contribution in [0.3, 0.4) is 0 Å². The van der Waals surface area contributed by atoms with Gasteiger partial charge in [0.25, 0.3) is 0 Å². The first-order chi connectivity index (χ1) is 9.67. The van der Waals surface area contributed by atoms with Crippen molar-refractivity contribution in [2.45, 2.75) is 47.3 Å². The molecule has 0 radical (unpaired) electrons. The van der Waals surface area contributed by atoms with Crippen molar-refractivity contribution >= 4 is 35.1 Å². The van der Waals surface area contributed by atoms with E-state index in [0.29, 0.717) is 9.79 Å². The summed E-state index contributed by atoms with van der Waals surface area (Å²) in [5.74, 6) is 0. The second-order valence-electron chi connectivity index (χ2n) is 5.17. The van der Waals surface area contributed by atoms with Crippen LogP contribution in [0.2, 0.25) is 0 Å². The summed E-state index contributed by atoms with van der Waals surface area (Å²) in [6.07, 6.45) is 0. The number of benzene rings is 2. The Morgan fingerprint density at radius 3 is 1.33 bits per heavy atom. The van der Waals surface area contributed by atoms with E-state index in [1.54, 1.807) is 24.3 Å². The monoisotopic (exact) mass is 338 g/mol. The molecule has 0 fully saturated rings. The van der Waals surface area contributed by atoms with Crippen molar-refractivity contribution in [3.63, 3.8) is 0 Å². The highest BCUT2D eigenvalue weighted by molar-refractivity contribution is 7.91. The number of hydrogen-bond donors (Lipinski definition) is 2. The van der Waals surface area contributed by atoms with E-state index in [4.69, 9.17) is 0 Å². The van der Waals surface area contributed by atoms with Gasteiger partial charge in [-0.15, -0.1) is 25.3 Å². The maximum Gasteiger partial charge on any atom is 0.207 e. The molecule has 0 atom stereocenters. The molecule has 2 aromatic rings. The zero-order chi connectivity index (χ0) is 15.9. The molecule has 2 aromatic carbocycles. The molecular weight excluding hydrogens is 320 g/mol.